The fourth-order valence-electron chi connectivity index (χ4n) is 3.30. The molecule has 0 spiro atoms. The van der Waals surface area contributed by atoms with Crippen LogP contribution in [0.1, 0.15) is 63.3 Å². The summed E-state index contributed by atoms with van der Waals surface area (Å²) in [6.07, 6.45) is 0.961. The molecule has 8 nitrogen and oxygen atoms in total. The molecule has 2 unspecified atom stereocenters. The van der Waals surface area contributed by atoms with E-state index in [9.17, 15) is 19.5 Å². The largest absolute Gasteiger partial charge is 0.444 e. The Balaban J connectivity index is 3.35. The van der Waals surface area contributed by atoms with Crippen LogP contribution in [0.3, 0.4) is 0 Å². The maximum Gasteiger partial charge on any atom is 0.408 e. The molecule has 33 heavy (non-hydrogen) atoms. The third-order valence-electron chi connectivity index (χ3n) is 4.91. The molecule has 2 atom stereocenters. The molecule has 3 N–H and O–H groups in total. The minimum absolute atomic E-state index is 0.00300. The number of thiol groups is 1. The zero-order valence-electron chi connectivity index (χ0n) is 20.6. The fourth-order valence-corrected chi connectivity index (χ4v) is 3.55. The van der Waals surface area contributed by atoms with Gasteiger partial charge in [0.05, 0.1) is 6.61 Å². The molecule has 1 rings (SSSR count). The summed E-state index contributed by atoms with van der Waals surface area (Å²) < 4.78 is 5.27. The van der Waals surface area contributed by atoms with Crippen molar-refractivity contribution in [3.05, 3.63) is 34.9 Å². The summed E-state index contributed by atoms with van der Waals surface area (Å²) in [6, 6.07) is 3.70. The molecular weight excluding hydrogens is 442 g/mol. The first-order chi connectivity index (χ1) is 15.4. The second-order valence-electron chi connectivity index (χ2n) is 9.04. The van der Waals surface area contributed by atoms with Gasteiger partial charge in [-0.15, -0.1) is 0 Å². The summed E-state index contributed by atoms with van der Waals surface area (Å²) in [5, 5.41) is 15.2. The molecule has 0 heterocycles. The summed E-state index contributed by atoms with van der Waals surface area (Å²) in [5.74, 6) is -0.868. The van der Waals surface area contributed by atoms with Crippen LogP contribution in [-0.4, -0.2) is 65.0 Å². The van der Waals surface area contributed by atoms with Gasteiger partial charge in [0, 0.05) is 18.8 Å². The van der Waals surface area contributed by atoms with E-state index in [4.69, 9.17) is 4.74 Å². The normalized spacial score (nSPS) is 13.1. The second kappa shape index (κ2) is 13.4. The van der Waals surface area contributed by atoms with Crippen LogP contribution in [-0.2, 0) is 14.3 Å². The number of nitrogens with zero attached hydrogens (tertiary/aromatic N) is 1. The molecule has 1 aromatic carbocycles. The summed E-state index contributed by atoms with van der Waals surface area (Å²) in [4.78, 5) is 40.4. The van der Waals surface area contributed by atoms with Gasteiger partial charge in [0.25, 0.3) is 0 Å². The molecule has 0 saturated carbocycles. The SMILES string of the molecule is CCCCNC(=O)C(c1cc(C)ccc1C)N(CCO)C(=O)C(CS)NC(=O)OC(C)(C)C. The molecule has 3 amide bonds. The summed E-state index contributed by atoms with van der Waals surface area (Å²) >= 11 is 4.24. The number of rotatable bonds is 11. The molecule has 9 heteroatoms. The fraction of sp³-hybridized carbons (Fsp3) is 0.625. The first kappa shape index (κ1) is 28.8. The summed E-state index contributed by atoms with van der Waals surface area (Å²) in [7, 11) is 0. The highest BCUT2D eigenvalue weighted by Gasteiger charge is 2.36. The maximum atomic E-state index is 13.5. The van der Waals surface area contributed by atoms with E-state index >= 15 is 0 Å². The van der Waals surface area contributed by atoms with E-state index in [1.807, 2.05) is 39.0 Å². The number of aliphatic hydroxyl groups excluding tert-OH is 1. The van der Waals surface area contributed by atoms with E-state index in [-0.39, 0.29) is 24.8 Å². The van der Waals surface area contributed by atoms with E-state index < -0.39 is 29.7 Å². The number of unbranched alkanes of at least 4 members (excludes halogenated alkanes) is 1. The third-order valence-corrected chi connectivity index (χ3v) is 5.28. The average molecular weight is 482 g/mol. The molecule has 0 radical (unpaired) electrons. The molecule has 0 aliphatic carbocycles. The maximum absolute atomic E-state index is 13.5. The van der Waals surface area contributed by atoms with E-state index in [0.29, 0.717) is 12.1 Å². The molecule has 0 fully saturated rings. The number of aryl methyl sites for hydroxylation is 2. The Kier molecular flexibility index (Phi) is 11.7. The average Bonchev–Trinajstić information content (AvgIpc) is 2.72. The number of carbonyl (C=O) groups is 3. The van der Waals surface area contributed by atoms with Crippen molar-refractivity contribution in [1.82, 2.24) is 15.5 Å². The van der Waals surface area contributed by atoms with Gasteiger partial charge in [-0.05, 0) is 52.2 Å². The number of ether oxygens (including phenoxy) is 1. The number of benzene rings is 1. The van der Waals surface area contributed by atoms with E-state index in [1.165, 1.54) is 4.90 Å². The predicted octanol–water partition coefficient (Wildman–Crippen LogP) is 2.90. The lowest BCUT2D eigenvalue weighted by Gasteiger charge is -2.34. The Hall–Kier alpha value is -2.26. The van der Waals surface area contributed by atoms with Gasteiger partial charge in [-0.2, -0.15) is 12.6 Å². The standard InChI is InChI=1S/C24H39N3O5S/c1-7-8-11-25-21(29)20(18-14-16(2)9-10-17(18)3)27(12-13-28)22(30)19(15-33)26-23(31)32-24(4,5)6/h9-10,14,19-20,28,33H,7-8,11-13,15H2,1-6H3,(H,25,29)(H,26,31). The smallest absolute Gasteiger partial charge is 0.408 e. The quantitative estimate of drug-likeness (QED) is 0.287. The van der Waals surface area contributed by atoms with Gasteiger partial charge in [0.1, 0.15) is 17.7 Å². The lowest BCUT2D eigenvalue weighted by Crippen LogP contribution is -2.54. The number of hydrogen-bond donors (Lipinski definition) is 4. The lowest BCUT2D eigenvalue weighted by molar-refractivity contribution is -0.142. The number of nitrogens with one attached hydrogen (secondary N) is 2. The minimum atomic E-state index is -1.04. The predicted molar refractivity (Wildman–Crippen MR) is 132 cm³/mol. The molecule has 0 aliphatic heterocycles. The molecular formula is C24H39N3O5S. The highest BCUT2D eigenvalue weighted by atomic mass is 32.1. The first-order valence-electron chi connectivity index (χ1n) is 11.3. The monoisotopic (exact) mass is 481 g/mol. The highest BCUT2D eigenvalue weighted by molar-refractivity contribution is 7.80. The topological polar surface area (TPSA) is 108 Å². The van der Waals surface area contributed by atoms with Gasteiger partial charge in [-0.25, -0.2) is 4.79 Å². The van der Waals surface area contributed by atoms with Crippen molar-refractivity contribution in [1.29, 1.82) is 0 Å². The van der Waals surface area contributed by atoms with Crippen LogP contribution in [0.25, 0.3) is 0 Å². The van der Waals surface area contributed by atoms with Gasteiger partial charge in [-0.3, -0.25) is 9.59 Å². The Morgan fingerprint density at radius 1 is 1.21 bits per heavy atom. The van der Waals surface area contributed by atoms with E-state index in [2.05, 4.69) is 23.3 Å². The molecule has 186 valence electrons. The van der Waals surface area contributed by atoms with E-state index in [0.717, 1.165) is 24.0 Å². The van der Waals surface area contributed by atoms with Crippen LogP contribution in [0.4, 0.5) is 4.79 Å². The van der Waals surface area contributed by atoms with Gasteiger partial charge in [-0.1, -0.05) is 37.1 Å². The van der Waals surface area contributed by atoms with Crippen molar-refractivity contribution < 1.29 is 24.2 Å². The molecule has 0 bridgehead atoms. The van der Waals surface area contributed by atoms with Crippen LogP contribution in [0.2, 0.25) is 0 Å². The molecule has 0 aliphatic rings. The number of alkyl carbamates (subject to hydrolysis) is 1. The minimum Gasteiger partial charge on any atom is -0.444 e. The zero-order chi connectivity index (χ0) is 25.2. The van der Waals surface area contributed by atoms with Crippen LogP contribution in [0.5, 0.6) is 0 Å². The van der Waals surface area contributed by atoms with Crippen molar-refractivity contribution in [2.24, 2.45) is 0 Å². The third kappa shape index (κ3) is 9.25. The van der Waals surface area contributed by atoms with Crippen LogP contribution >= 0.6 is 12.6 Å². The Labute approximate surface area is 202 Å². The molecule has 0 aromatic heterocycles. The summed E-state index contributed by atoms with van der Waals surface area (Å²) in [6.45, 7) is 11.0. The molecule has 1 aromatic rings. The van der Waals surface area contributed by atoms with E-state index in [1.54, 1.807) is 20.8 Å². The van der Waals surface area contributed by atoms with Gasteiger partial charge >= 0.3 is 6.09 Å². The van der Waals surface area contributed by atoms with Gasteiger partial charge < -0.3 is 25.4 Å². The lowest BCUT2D eigenvalue weighted by atomic mass is 9.96. The number of hydrogen-bond acceptors (Lipinski definition) is 6. The van der Waals surface area contributed by atoms with Gasteiger partial charge in [0.15, 0.2) is 0 Å². The summed E-state index contributed by atoms with van der Waals surface area (Å²) in [5.41, 5.74) is 1.71. The number of aliphatic hydroxyl groups is 1. The van der Waals surface area contributed by atoms with Crippen LogP contribution in [0.15, 0.2) is 18.2 Å². The van der Waals surface area contributed by atoms with Crippen molar-refractivity contribution in [3.8, 4) is 0 Å². The Morgan fingerprint density at radius 3 is 2.42 bits per heavy atom. The highest BCUT2D eigenvalue weighted by Crippen LogP contribution is 2.26. The Morgan fingerprint density at radius 2 is 1.88 bits per heavy atom. The molecule has 0 saturated heterocycles. The second-order valence-corrected chi connectivity index (χ2v) is 9.41. The van der Waals surface area contributed by atoms with Crippen LogP contribution < -0.4 is 10.6 Å². The van der Waals surface area contributed by atoms with Crippen LogP contribution in [0, 0.1) is 13.8 Å². The van der Waals surface area contributed by atoms with Crippen molar-refractivity contribution >= 4 is 30.5 Å². The Bertz CT molecular complexity index is 810. The van der Waals surface area contributed by atoms with Crippen molar-refractivity contribution in [3.63, 3.8) is 0 Å². The van der Waals surface area contributed by atoms with Crippen molar-refractivity contribution in [2.45, 2.75) is 72.1 Å². The van der Waals surface area contributed by atoms with Gasteiger partial charge in [0.2, 0.25) is 11.8 Å². The zero-order valence-corrected chi connectivity index (χ0v) is 21.5. The first-order valence-corrected chi connectivity index (χ1v) is 11.9. The number of carbonyl (C=O) groups excluding carboxylic acids is 3. The number of amides is 3. The van der Waals surface area contributed by atoms with Crippen molar-refractivity contribution in [2.75, 3.05) is 25.4 Å².